The van der Waals surface area contributed by atoms with Crippen molar-refractivity contribution in [1.29, 1.82) is 0 Å². The number of nitrogens with zero attached hydrogens (tertiary/aromatic N) is 2. The summed E-state index contributed by atoms with van der Waals surface area (Å²) in [5, 5.41) is 20.0. The van der Waals surface area contributed by atoms with Crippen LogP contribution in [-0.2, 0) is 0 Å². The van der Waals surface area contributed by atoms with Gasteiger partial charge in [0.15, 0.2) is 0 Å². The number of hydrogen-bond acceptors (Lipinski definition) is 4. The SMILES string of the molecule is Oc1ccccc1C=Nc1ccccc1[Te]c1ccccc1N=Cc1ccccc1O. The number of rotatable bonds is 6. The zero-order chi connectivity index (χ0) is 21.5. The summed E-state index contributed by atoms with van der Waals surface area (Å²) in [6.07, 6.45) is 3.40. The molecule has 0 aliphatic rings. The Morgan fingerprint density at radius 3 is 1.35 bits per heavy atom. The average molecular weight is 520 g/mol. The van der Waals surface area contributed by atoms with Crippen molar-refractivity contribution in [1.82, 2.24) is 0 Å². The number of para-hydroxylation sites is 4. The molecule has 0 radical (unpaired) electrons. The number of phenolic OH excluding ortho intramolecular Hbond substituents is 2. The first-order valence-corrected chi connectivity index (χ1v) is 12.0. The summed E-state index contributed by atoms with van der Waals surface area (Å²) < 4.78 is 2.37. The summed E-state index contributed by atoms with van der Waals surface area (Å²) in [6.45, 7) is 0. The summed E-state index contributed by atoms with van der Waals surface area (Å²) in [7, 11) is 0. The molecule has 0 aliphatic heterocycles. The zero-order valence-corrected chi connectivity index (χ0v) is 18.9. The number of phenols is 2. The van der Waals surface area contributed by atoms with Gasteiger partial charge in [0.05, 0.1) is 0 Å². The summed E-state index contributed by atoms with van der Waals surface area (Å²) in [4.78, 5) is 9.29. The Kier molecular flexibility index (Phi) is 6.78. The molecule has 5 heteroatoms. The van der Waals surface area contributed by atoms with Gasteiger partial charge in [-0.1, -0.05) is 0 Å². The molecule has 0 unspecified atom stereocenters. The maximum atomic E-state index is 9.99. The van der Waals surface area contributed by atoms with Crippen LogP contribution in [0.3, 0.4) is 0 Å². The Labute approximate surface area is 191 Å². The number of aromatic hydroxyl groups is 2. The van der Waals surface area contributed by atoms with Gasteiger partial charge in [-0.15, -0.1) is 0 Å². The third kappa shape index (κ3) is 5.40. The van der Waals surface area contributed by atoms with Crippen molar-refractivity contribution in [3.05, 3.63) is 108 Å². The van der Waals surface area contributed by atoms with E-state index >= 15 is 0 Å². The number of benzene rings is 4. The molecular weight excluding hydrogens is 500 g/mol. The van der Waals surface area contributed by atoms with Crippen molar-refractivity contribution in [2.45, 2.75) is 0 Å². The molecule has 0 saturated heterocycles. The molecule has 4 nitrogen and oxygen atoms in total. The fraction of sp³-hybridized carbons (Fsp3) is 0. The molecule has 0 atom stereocenters. The Morgan fingerprint density at radius 2 is 0.903 bits per heavy atom. The molecule has 0 bridgehead atoms. The number of hydrogen-bond donors (Lipinski definition) is 2. The maximum absolute atomic E-state index is 9.99. The molecule has 152 valence electrons. The molecule has 0 amide bonds. The summed E-state index contributed by atoms with van der Waals surface area (Å²) in [5.41, 5.74) is 3.16. The van der Waals surface area contributed by atoms with Crippen molar-refractivity contribution in [3.63, 3.8) is 0 Å². The van der Waals surface area contributed by atoms with Gasteiger partial charge in [0, 0.05) is 0 Å². The predicted octanol–water partition coefficient (Wildman–Crippen LogP) is 4.25. The van der Waals surface area contributed by atoms with Gasteiger partial charge in [-0.05, 0) is 0 Å². The van der Waals surface area contributed by atoms with Gasteiger partial charge in [-0.3, -0.25) is 0 Å². The number of aliphatic imine (C=N–C) groups is 2. The third-order valence-electron chi connectivity index (χ3n) is 4.51. The molecule has 0 fully saturated rings. The Balaban J connectivity index is 1.61. The van der Waals surface area contributed by atoms with Crippen LogP contribution in [0.25, 0.3) is 0 Å². The topological polar surface area (TPSA) is 65.2 Å². The molecule has 0 saturated carbocycles. The zero-order valence-electron chi connectivity index (χ0n) is 16.6. The van der Waals surface area contributed by atoms with Gasteiger partial charge >= 0.3 is 192 Å². The van der Waals surface area contributed by atoms with E-state index in [9.17, 15) is 10.2 Å². The summed E-state index contributed by atoms with van der Waals surface area (Å²) >= 11 is -0.767. The fourth-order valence-electron chi connectivity index (χ4n) is 2.89. The molecule has 0 spiro atoms. The molecule has 0 aromatic heterocycles. The van der Waals surface area contributed by atoms with E-state index in [1.807, 2.05) is 60.7 Å². The Morgan fingerprint density at radius 1 is 0.516 bits per heavy atom. The minimum atomic E-state index is -0.767. The second-order valence-electron chi connectivity index (χ2n) is 6.67. The molecule has 2 N–H and O–H groups in total. The fourth-order valence-corrected chi connectivity index (χ4v) is 5.69. The molecule has 4 rings (SSSR count). The first-order valence-electron chi connectivity index (χ1n) is 9.71. The molecule has 4 aromatic rings. The van der Waals surface area contributed by atoms with Crippen LogP contribution >= 0.6 is 0 Å². The van der Waals surface area contributed by atoms with Crippen molar-refractivity contribution >= 4 is 51.9 Å². The van der Waals surface area contributed by atoms with Gasteiger partial charge in [0.1, 0.15) is 0 Å². The summed E-state index contributed by atoms with van der Waals surface area (Å²) in [5.74, 6) is 0.424. The standard InChI is InChI=1S/C26H20N2O2Te/c29-23-13-5-1-9-19(23)17-27-21-11-3-7-15-25(21)31-26-16-8-4-12-22(26)28-18-20-10-2-6-14-24(20)30/h1-18,29-30H. The van der Waals surface area contributed by atoms with Crippen LogP contribution in [0, 0.1) is 0 Å². The predicted molar refractivity (Wildman–Crippen MR) is 129 cm³/mol. The van der Waals surface area contributed by atoms with Crippen LogP contribution in [0.2, 0.25) is 0 Å². The molecule has 31 heavy (non-hydrogen) atoms. The third-order valence-corrected chi connectivity index (χ3v) is 7.74. The van der Waals surface area contributed by atoms with E-state index < -0.39 is 20.9 Å². The van der Waals surface area contributed by atoms with Crippen molar-refractivity contribution in [2.24, 2.45) is 9.98 Å². The molecular formula is C26H20N2O2Te. The summed E-state index contributed by atoms with van der Waals surface area (Å²) in [6, 6.07) is 30.5. The Hall–Kier alpha value is -3.39. The van der Waals surface area contributed by atoms with E-state index in [0.717, 1.165) is 11.4 Å². The van der Waals surface area contributed by atoms with Crippen molar-refractivity contribution < 1.29 is 10.2 Å². The van der Waals surface area contributed by atoms with E-state index in [4.69, 9.17) is 0 Å². The van der Waals surface area contributed by atoms with Gasteiger partial charge in [-0.25, -0.2) is 0 Å². The van der Waals surface area contributed by atoms with E-state index in [1.165, 1.54) is 7.22 Å². The van der Waals surface area contributed by atoms with Crippen LogP contribution in [-0.4, -0.2) is 43.6 Å². The van der Waals surface area contributed by atoms with E-state index in [-0.39, 0.29) is 11.5 Å². The van der Waals surface area contributed by atoms with E-state index in [2.05, 4.69) is 22.1 Å². The first kappa shape index (κ1) is 20.9. The van der Waals surface area contributed by atoms with Crippen LogP contribution in [0.15, 0.2) is 107 Å². The minimum absolute atomic E-state index is 0.212. The first-order chi connectivity index (χ1) is 15.2. The van der Waals surface area contributed by atoms with Crippen LogP contribution in [0.4, 0.5) is 11.4 Å². The van der Waals surface area contributed by atoms with Gasteiger partial charge in [-0.2, -0.15) is 0 Å². The Bertz CT molecular complexity index is 1150. The molecule has 0 aliphatic carbocycles. The second-order valence-corrected chi connectivity index (χ2v) is 9.76. The molecule has 0 heterocycles. The van der Waals surface area contributed by atoms with Gasteiger partial charge in [0.2, 0.25) is 0 Å². The van der Waals surface area contributed by atoms with Crippen molar-refractivity contribution in [2.75, 3.05) is 0 Å². The normalized spacial score (nSPS) is 11.4. The van der Waals surface area contributed by atoms with E-state index in [1.54, 1.807) is 36.7 Å². The van der Waals surface area contributed by atoms with E-state index in [0.29, 0.717) is 11.1 Å². The van der Waals surface area contributed by atoms with Gasteiger partial charge < -0.3 is 0 Å². The van der Waals surface area contributed by atoms with Crippen molar-refractivity contribution in [3.8, 4) is 11.5 Å². The van der Waals surface area contributed by atoms with Gasteiger partial charge in [0.25, 0.3) is 0 Å². The van der Waals surface area contributed by atoms with Crippen LogP contribution < -0.4 is 7.22 Å². The van der Waals surface area contributed by atoms with Crippen LogP contribution in [0.5, 0.6) is 11.5 Å². The average Bonchev–Trinajstić information content (AvgIpc) is 2.80. The van der Waals surface area contributed by atoms with Crippen LogP contribution in [0.1, 0.15) is 11.1 Å². The monoisotopic (exact) mass is 522 g/mol. The second kappa shape index (κ2) is 10.1. The molecule has 4 aromatic carbocycles. The quantitative estimate of drug-likeness (QED) is 0.295.